The molecule has 126 valence electrons. The van der Waals surface area contributed by atoms with Gasteiger partial charge < -0.3 is 0 Å². The fourth-order valence-electron chi connectivity index (χ4n) is 2.00. The van der Waals surface area contributed by atoms with Crippen LogP contribution in [0, 0.1) is 0 Å². The predicted molar refractivity (Wildman–Crippen MR) is 98.9 cm³/mol. The summed E-state index contributed by atoms with van der Waals surface area (Å²) in [5.74, 6) is -0.236. The van der Waals surface area contributed by atoms with Gasteiger partial charge in [-0.3, -0.25) is 4.79 Å². The maximum atomic E-state index is 12.3. The zero-order valence-electron chi connectivity index (χ0n) is 13.8. The van der Waals surface area contributed by atoms with Crippen molar-refractivity contribution in [2.24, 2.45) is 0 Å². The number of carbonyl (C=O) groups is 1. The summed E-state index contributed by atoms with van der Waals surface area (Å²) in [6.45, 7) is 0. The molecule has 0 amide bonds. The fraction of sp³-hybridized carbons (Fsp3) is 0.167. The lowest BCUT2D eigenvalue weighted by Gasteiger charge is -2.11. The van der Waals surface area contributed by atoms with Gasteiger partial charge in [0.25, 0.3) is 0 Å². The molecule has 2 rings (SSSR count). The Morgan fingerprint density at radius 1 is 1.08 bits per heavy atom. The molecule has 0 spiro atoms. The van der Waals surface area contributed by atoms with E-state index >= 15 is 0 Å². The molecule has 0 aromatic heterocycles. The molecular formula is C18H19NO3S2. The first kappa shape index (κ1) is 18.4. The first-order valence-electron chi connectivity index (χ1n) is 7.23. The summed E-state index contributed by atoms with van der Waals surface area (Å²) in [6.07, 6.45) is 5.18. The molecule has 6 heteroatoms. The van der Waals surface area contributed by atoms with Crippen LogP contribution >= 0.6 is 11.8 Å². The topological polar surface area (TPSA) is 54.5 Å². The number of rotatable bonds is 6. The van der Waals surface area contributed by atoms with Gasteiger partial charge in [0.15, 0.2) is 5.78 Å². The Morgan fingerprint density at radius 2 is 1.75 bits per heavy atom. The van der Waals surface area contributed by atoms with Gasteiger partial charge in [0.05, 0.1) is 4.90 Å². The van der Waals surface area contributed by atoms with Crippen molar-refractivity contribution in [3.8, 4) is 0 Å². The highest BCUT2D eigenvalue weighted by atomic mass is 32.2. The summed E-state index contributed by atoms with van der Waals surface area (Å²) in [6, 6.07) is 13.9. The third kappa shape index (κ3) is 4.35. The van der Waals surface area contributed by atoms with Crippen LogP contribution in [0.5, 0.6) is 0 Å². The molecule has 0 radical (unpaired) electrons. The van der Waals surface area contributed by atoms with Crippen LogP contribution in [0.15, 0.2) is 64.4 Å². The molecule has 0 saturated heterocycles. The molecule has 0 fully saturated rings. The van der Waals surface area contributed by atoms with E-state index in [1.165, 1.54) is 32.3 Å². The molecule has 0 aliphatic heterocycles. The van der Waals surface area contributed by atoms with Crippen LogP contribution in [0.3, 0.4) is 0 Å². The minimum atomic E-state index is -3.55. The quantitative estimate of drug-likeness (QED) is 0.448. The molecule has 0 aliphatic carbocycles. The van der Waals surface area contributed by atoms with Crippen LogP contribution in [0.1, 0.15) is 15.9 Å². The first-order chi connectivity index (χ1) is 11.3. The van der Waals surface area contributed by atoms with E-state index in [1.54, 1.807) is 30.0 Å². The standard InChI is InChI=1S/C18H19NO3S2/c1-19(2)24(21,22)17-6-4-5-15(13-17)18(20)12-9-14-7-10-16(23-3)11-8-14/h4-13H,1-3H3/b12-9+. The van der Waals surface area contributed by atoms with E-state index in [0.717, 1.165) is 14.8 Å². The van der Waals surface area contributed by atoms with Gasteiger partial charge in [-0.2, -0.15) is 0 Å². The average Bonchev–Trinajstić information content (AvgIpc) is 2.60. The normalized spacial score (nSPS) is 12.0. The number of thioether (sulfide) groups is 1. The van der Waals surface area contributed by atoms with Crippen LogP contribution in [0.2, 0.25) is 0 Å². The number of ketones is 1. The summed E-state index contributed by atoms with van der Waals surface area (Å²) in [4.78, 5) is 13.6. The molecule has 4 nitrogen and oxygen atoms in total. The highest BCUT2D eigenvalue weighted by molar-refractivity contribution is 7.98. The number of allylic oxidation sites excluding steroid dienone is 1. The van der Waals surface area contributed by atoms with Gasteiger partial charge in [0.2, 0.25) is 10.0 Å². The highest BCUT2D eigenvalue weighted by Gasteiger charge is 2.18. The largest absolute Gasteiger partial charge is 0.289 e. The summed E-state index contributed by atoms with van der Waals surface area (Å²) in [5, 5.41) is 0. The van der Waals surface area contributed by atoms with Gasteiger partial charge in [-0.15, -0.1) is 11.8 Å². The Kier molecular flexibility index (Phi) is 5.99. The molecule has 0 N–H and O–H groups in total. The second kappa shape index (κ2) is 7.79. The molecule has 0 atom stereocenters. The monoisotopic (exact) mass is 361 g/mol. The van der Waals surface area contributed by atoms with Gasteiger partial charge in [-0.25, -0.2) is 12.7 Å². The third-order valence-corrected chi connectivity index (χ3v) is 5.99. The summed E-state index contributed by atoms with van der Waals surface area (Å²) in [5.41, 5.74) is 1.26. The van der Waals surface area contributed by atoms with E-state index in [-0.39, 0.29) is 10.7 Å². The van der Waals surface area contributed by atoms with Crippen molar-refractivity contribution in [1.82, 2.24) is 4.31 Å². The van der Waals surface area contributed by atoms with E-state index in [0.29, 0.717) is 5.56 Å². The van der Waals surface area contributed by atoms with Crippen molar-refractivity contribution in [3.05, 3.63) is 65.7 Å². The zero-order valence-corrected chi connectivity index (χ0v) is 15.4. The molecular weight excluding hydrogens is 342 g/mol. The molecule has 0 aliphatic rings. The highest BCUT2D eigenvalue weighted by Crippen LogP contribution is 2.17. The van der Waals surface area contributed by atoms with E-state index in [2.05, 4.69) is 0 Å². The SMILES string of the molecule is CSc1ccc(/C=C/C(=O)c2cccc(S(=O)(=O)N(C)C)c2)cc1. The molecule has 0 unspecified atom stereocenters. The number of hydrogen-bond donors (Lipinski definition) is 0. The Hall–Kier alpha value is -1.89. The number of benzene rings is 2. The Balaban J connectivity index is 2.22. The predicted octanol–water partition coefficient (Wildman–Crippen LogP) is 3.55. The van der Waals surface area contributed by atoms with Crippen molar-refractivity contribution in [2.75, 3.05) is 20.4 Å². The molecule has 0 saturated carbocycles. The third-order valence-electron chi connectivity index (χ3n) is 3.44. The van der Waals surface area contributed by atoms with Crippen molar-refractivity contribution < 1.29 is 13.2 Å². The van der Waals surface area contributed by atoms with Gasteiger partial charge in [-0.1, -0.05) is 30.3 Å². The van der Waals surface area contributed by atoms with Crippen molar-refractivity contribution in [3.63, 3.8) is 0 Å². The van der Waals surface area contributed by atoms with Crippen LogP contribution in [0.25, 0.3) is 6.08 Å². The lowest BCUT2D eigenvalue weighted by Crippen LogP contribution is -2.22. The smallest absolute Gasteiger partial charge is 0.242 e. The van der Waals surface area contributed by atoms with Gasteiger partial charge in [-0.05, 0) is 42.2 Å². The number of hydrogen-bond acceptors (Lipinski definition) is 4. The van der Waals surface area contributed by atoms with Crippen molar-refractivity contribution >= 4 is 33.6 Å². The van der Waals surface area contributed by atoms with Gasteiger partial charge in [0.1, 0.15) is 0 Å². The minimum Gasteiger partial charge on any atom is -0.289 e. The van der Waals surface area contributed by atoms with Gasteiger partial charge in [0, 0.05) is 24.6 Å². The van der Waals surface area contributed by atoms with Crippen molar-refractivity contribution in [2.45, 2.75) is 9.79 Å². The lowest BCUT2D eigenvalue weighted by atomic mass is 10.1. The zero-order chi connectivity index (χ0) is 17.7. The van der Waals surface area contributed by atoms with Crippen LogP contribution in [-0.2, 0) is 10.0 Å². The van der Waals surface area contributed by atoms with E-state index in [4.69, 9.17) is 0 Å². The minimum absolute atomic E-state index is 0.107. The molecule has 24 heavy (non-hydrogen) atoms. The molecule has 2 aromatic carbocycles. The Labute approximate surface area is 147 Å². The number of sulfonamides is 1. The maximum Gasteiger partial charge on any atom is 0.242 e. The first-order valence-corrected chi connectivity index (χ1v) is 9.90. The molecule has 0 heterocycles. The van der Waals surface area contributed by atoms with E-state index < -0.39 is 10.0 Å². The van der Waals surface area contributed by atoms with Crippen LogP contribution in [-0.4, -0.2) is 38.9 Å². The Bertz CT molecular complexity index is 854. The fourth-order valence-corrected chi connectivity index (χ4v) is 3.36. The Morgan fingerprint density at radius 3 is 2.33 bits per heavy atom. The maximum absolute atomic E-state index is 12.3. The second-order valence-corrected chi connectivity index (χ2v) is 8.32. The number of nitrogens with zero attached hydrogens (tertiary/aromatic N) is 1. The van der Waals surface area contributed by atoms with Crippen LogP contribution < -0.4 is 0 Å². The molecule has 2 aromatic rings. The second-order valence-electron chi connectivity index (χ2n) is 5.29. The van der Waals surface area contributed by atoms with Gasteiger partial charge >= 0.3 is 0 Å². The summed E-state index contributed by atoms with van der Waals surface area (Å²) in [7, 11) is -0.632. The number of carbonyl (C=O) groups excluding carboxylic acids is 1. The van der Waals surface area contributed by atoms with E-state index in [1.807, 2.05) is 30.5 Å². The summed E-state index contributed by atoms with van der Waals surface area (Å²) >= 11 is 1.65. The average molecular weight is 361 g/mol. The lowest BCUT2D eigenvalue weighted by molar-refractivity contribution is 0.104. The summed E-state index contributed by atoms with van der Waals surface area (Å²) < 4.78 is 25.4. The molecule has 0 bridgehead atoms. The van der Waals surface area contributed by atoms with Crippen molar-refractivity contribution in [1.29, 1.82) is 0 Å². The van der Waals surface area contributed by atoms with Crippen LogP contribution in [0.4, 0.5) is 0 Å². The van der Waals surface area contributed by atoms with E-state index in [9.17, 15) is 13.2 Å².